The highest BCUT2D eigenvalue weighted by molar-refractivity contribution is 5.70. The smallest absolute Gasteiger partial charge is 0.306 e. The van der Waals surface area contributed by atoms with Crippen molar-refractivity contribution in [2.45, 2.75) is 40.5 Å². The molecule has 3 heteroatoms. The predicted octanol–water partition coefficient (Wildman–Crippen LogP) is 2.31. The molecule has 0 saturated carbocycles. The van der Waals surface area contributed by atoms with E-state index in [1.54, 1.807) is 0 Å². The van der Waals surface area contributed by atoms with Crippen LogP contribution in [-0.4, -0.2) is 37.6 Å². The van der Waals surface area contributed by atoms with Crippen molar-refractivity contribution < 1.29 is 9.53 Å². The van der Waals surface area contributed by atoms with Gasteiger partial charge in [0.25, 0.3) is 0 Å². The van der Waals surface area contributed by atoms with Gasteiger partial charge >= 0.3 is 5.97 Å². The zero-order valence-corrected chi connectivity index (χ0v) is 10.8. The molecule has 0 fully saturated rings. The van der Waals surface area contributed by atoms with Crippen LogP contribution in [0.3, 0.4) is 0 Å². The lowest BCUT2D eigenvalue weighted by Crippen LogP contribution is -2.21. The topological polar surface area (TPSA) is 29.5 Å². The lowest BCUT2D eigenvalue weighted by Gasteiger charge is -2.17. The first-order valence-electron chi connectivity index (χ1n) is 5.69. The van der Waals surface area contributed by atoms with E-state index in [9.17, 15) is 4.79 Å². The van der Waals surface area contributed by atoms with Gasteiger partial charge in [0.2, 0.25) is 0 Å². The quantitative estimate of drug-likeness (QED) is 0.503. The maximum Gasteiger partial charge on any atom is 0.306 e. The van der Waals surface area contributed by atoms with Crippen molar-refractivity contribution in [3.8, 4) is 0 Å². The van der Waals surface area contributed by atoms with Crippen molar-refractivity contribution in [1.82, 2.24) is 4.90 Å². The van der Waals surface area contributed by atoms with Crippen LogP contribution in [0.5, 0.6) is 0 Å². The van der Waals surface area contributed by atoms with E-state index >= 15 is 0 Å². The summed E-state index contributed by atoms with van der Waals surface area (Å²) >= 11 is 0. The number of hydrogen-bond donors (Lipinski definition) is 0. The summed E-state index contributed by atoms with van der Waals surface area (Å²) in [6.07, 6.45) is 1.41. The molecule has 90 valence electrons. The van der Waals surface area contributed by atoms with Gasteiger partial charge in [0.1, 0.15) is 0 Å². The van der Waals surface area contributed by atoms with Crippen molar-refractivity contribution >= 4 is 5.97 Å². The Morgan fingerprint density at radius 3 is 2.40 bits per heavy atom. The highest BCUT2D eigenvalue weighted by atomic mass is 16.5. The second-order valence-corrected chi connectivity index (χ2v) is 5.21. The van der Waals surface area contributed by atoms with Gasteiger partial charge in [0.15, 0.2) is 0 Å². The molecule has 0 radical (unpaired) electrons. The van der Waals surface area contributed by atoms with Crippen molar-refractivity contribution in [3.63, 3.8) is 0 Å². The Kier molecular flexibility index (Phi) is 6.57. The summed E-state index contributed by atoms with van der Waals surface area (Å²) in [5, 5.41) is 0. The van der Waals surface area contributed by atoms with Gasteiger partial charge in [-0.2, -0.15) is 0 Å². The molecular formula is C12H25NO2. The van der Waals surface area contributed by atoms with Gasteiger partial charge in [0.05, 0.1) is 13.0 Å². The maximum absolute atomic E-state index is 11.3. The summed E-state index contributed by atoms with van der Waals surface area (Å²) in [5.74, 6) is -0.0818. The first kappa shape index (κ1) is 14.4. The van der Waals surface area contributed by atoms with Crippen molar-refractivity contribution in [3.05, 3.63) is 0 Å². The van der Waals surface area contributed by atoms with Crippen LogP contribution in [0.2, 0.25) is 0 Å². The van der Waals surface area contributed by atoms with E-state index in [-0.39, 0.29) is 11.4 Å². The average molecular weight is 215 g/mol. The molecule has 0 N–H and O–H groups in total. The van der Waals surface area contributed by atoms with Crippen LogP contribution < -0.4 is 0 Å². The van der Waals surface area contributed by atoms with Crippen molar-refractivity contribution in [2.75, 3.05) is 26.7 Å². The Bertz CT molecular complexity index is 185. The van der Waals surface area contributed by atoms with Gasteiger partial charge < -0.3 is 9.64 Å². The molecule has 0 aliphatic carbocycles. The SMILES string of the molecule is CCN(C)CCCOC(=O)CC(C)(C)C. The fourth-order valence-corrected chi connectivity index (χ4v) is 1.16. The first-order chi connectivity index (χ1) is 6.85. The summed E-state index contributed by atoms with van der Waals surface area (Å²) in [4.78, 5) is 13.5. The molecule has 0 bridgehead atoms. The molecule has 0 unspecified atom stereocenters. The Morgan fingerprint density at radius 1 is 1.33 bits per heavy atom. The minimum atomic E-state index is -0.0818. The van der Waals surface area contributed by atoms with E-state index in [2.05, 4.69) is 18.9 Å². The minimum Gasteiger partial charge on any atom is -0.466 e. The number of hydrogen-bond acceptors (Lipinski definition) is 3. The summed E-state index contributed by atoms with van der Waals surface area (Å²) in [6.45, 7) is 10.8. The van der Waals surface area contributed by atoms with Gasteiger partial charge in [-0.05, 0) is 25.4 Å². The normalized spacial score (nSPS) is 11.9. The van der Waals surface area contributed by atoms with Crippen LogP contribution in [-0.2, 0) is 9.53 Å². The van der Waals surface area contributed by atoms with Gasteiger partial charge in [-0.3, -0.25) is 4.79 Å². The standard InChI is InChI=1S/C12H25NO2/c1-6-13(5)8-7-9-15-11(14)10-12(2,3)4/h6-10H2,1-5H3. The van der Waals surface area contributed by atoms with Crippen LogP contribution in [0.1, 0.15) is 40.5 Å². The third kappa shape index (κ3) is 9.73. The van der Waals surface area contributed by atoms with Crippen LogP contribution in [0, 0.1) is 5.41 Å². The molecule has 0 amide bonds. The lowest BCUT2D eigenvalue weighted by atomic mass is 9.92. The highest BCUT2D eigenvalue weighted by Gasteiger charge is 2.16. The lowest BCUT2D eigenvalue weighted by molar-refractivity contribution is -0.145. The van der Waals surface area contributed by atoms with Gasteiger partial charge in [-0.25, -0.2) is 0 Å². The van der Waals surface area contributed by atoms with Gasteiger partial charge in [0, 0.05) is 6.54 Å². The van der Waals surface area contributed by atoms with Gasteiger partial charge in [-0.15, -0.1) is 0 Å². The van der Waals surface area contributed by atoms with E-state index in [0.717, 1.165) is 19.5 Å². The Morgan fingerprint density at radius 2 is 1.93 bits per heavy atom. The molecule has 0 heterocycles. The maximum atomic E-state index is 11.3. The number of ether oxygens (including phenoxy) is 1. The molecule has 0 aromatic carbocycles. The zero-order chi connectivity index (χ0) is 11.9. The fourth-order valence-electron chi connectivity index (χ4n) is 1.16. The minimum absolute atomic E-state index is 0.0251. The third-order valence-corrected chi connectivity index (χ3v) is 2.16. The van der Waals surface area contributed by atoms with Gasteiger partial charge in [-0.1, -0.05) is 27.7 Å². The summed E-state index contributed by atoms with van der Waals surface area (Å²) in [5.41, 5.74) is 0.0251. The molecule has 0 rings (SSSR count). The highest BCUT2D eigenvalue weighted by Crippen LogP contribution is 2.18. The molecule has 0 saturated heterocycles. The van der Waals surface area contributed by atoms with Crippen molar-refractivity contribution in [1.29, 1.82) is 0 Å². The number of esters is 1. The largest absolute Gasteiger partial charge is 0.466 e. The second kappa shape index (κ2) is 6.83. The Labute approximate surface area is 93.8 Å². The molecular weight excluding hydrogens is 190 g/mol. The molecule has 0 atom stereocenters. The number of rotatable bonds is 6. The average Bonchev–Trinajstić information content (AvgIpc) is 2.09. The van der Waals surface area contributed by atoms with E-state index in [1.807, 2.05) is 20.8 Å². The number of nitrogens with zero attached hydrogens (tertiary/aromatic N) is 1. The monoisotopic (exact) mass is 215 g/mol. The Balaban J connectivity index is 3.48. The number of carbonyl (C=O) groups excluding carboxylic acids is 1. The molecule has 0 aromatic heterocycles. The predicted molar refractivity (Wildman–Crippen MR) is 62.8 cm³/mol. The van der Waals surface area contributed by atoms with Crippen LogP contribution in [0.15, 0.2) is 0 Å². The van der Waals surface area contributed by atoms with Crippen LogP contribution >= 0.6 is 0 Å². The zero-order valence-electron chi connectivity index (χ0n) is 10.8. The van der Waals surface area contributed by atoms with Crippen molar-refractivity contribution in [2.24, 2.45) is 5.41 Å². The van der Waals surface area contributed by atoms with Crippen LogP contribution in [0.25, 0.3) is 0 Å². The fraction of sp³-hybridized carbons (Fsp3) is 0.917. The van der Waals surface area contributed by atoms with E-state index in [1.165, 1.54) is 0 Å². The second-order valence-electron chi connectivity index (χ2n) is 5.21. The molecule has 15 heavy (non-hydrogen) atoms. The Hall–Kier alpha value is -0.570. The summed E-state index contributed by atoms with van der Waals surface area (Å²) < 4.78 is 5.15. The summed E-state index contributed by atoms with van der Waals surface area (Å²) in [6, 6.07) is 0. The molecule has 0 aliphatic heterocycles. The van der Waals surface area contributed by atoms with E-state index < -0.39 is 0 Å². The molecule has 0 aliphatic rings. The summed E-state index contributed by atoms with van der Waals surface area (Å²) in [7, 11) is 2.07. The molecule has 0 aromatic rings. The van der Waals surface area contributed by atoms with Crippen LogP contribution in [0.4, 0.5) is 0 Å². The molecule has 3 nitrogen and oxygen atoms in total. The molecule has 0 spiro atoms. The number of carbonyl (C=O) groups is 1. The first-order valence-corrected chi connectivity index (χ1v) is 5.69. The third-order valence-electron chi connectivity index (χ3n) is 2.16. The van der Waals surface area contributed by atoms with E-state index in [4.69, 9.17) is 4.74 Å². The van der Waals surface area contributed by atoms with E-state index in [0.29, 0.717) is 13.0 Å².